The van der Waals surface area contributed by atoms with Crippen LogP contribution in [-0.2, 0) is 0 Å². The lowest BCUT2D eigenvalue weighted by atomic mass is 10.2. The third-order valence-electron chi connectivity index (χ3n) is 6.42. The number of fused-ring (bicyclic) bond motifs is 1. The second-order valence-corrected chi connectivity index (χ2v) is 9.43. The predicted molar refractivity (Wildman–Crippen MR) is 145 cm³/mol. The first-order valence-electron chi connectivity index (χ1n) is 11.6. The molecular formula is C27H22Cl2N6O. The highest BCUT2D eigenvalue weighted by Gasteiger charge is 2.25. The normalized spacial score (nSPS) is 13.9. The molecule has 2 aromatic heterocycles. The second-order valence-electron chi connectivity index (χ2n) is 8.59. The summed E-state index contributed by atoms with van der Waals surface area (Å²) in [6.07, 6.45) is 1.59. The minimum atomic E-state index is 0.270. The zero-order chi connectivity index (χ0) is 24.6. The number of benzene rings is 3. The van der Waals surface area contributed by atoms with Crippen LogP contribution in [0.3, 0.4) is 0 Å². The van der Waals surface area contributed by atoms with Crippen LogP contribution in [0.1, 0.15) is 0 Å². The summed E-state index contributed by atoms with van der Waals surface area (Å²) in [5.74, 6) is 1.76. The molecule has 1 saturated heterocycles. The lowest BCUT2D eigenvalue weighted by molar-refractivity contribution is 0.475. The van der Waals surface area contributed by atoms with Gasteiger partial charge in [0.05, 0.1) is 5.02 Å². The van der Waals surface area contributed by atoms with Crippen molar-refractivity contribution in [3.63, 3.8) is 0 Å². The fraction of sp³-hybridized carbons (Fsp3) is 0.148. The molecule has 180 valence electrons. The largest absolute Gasteiger partial charge is 0.508 e. The third kappa shape index (κ3) is 4.10. The van der Waals surface area contributed by atoms with Crippen LogP contribution >= 0.6 is 23.2 Å². The van der Waals surface area contributed by atoms with E-state index in [2.05, 4.69) is 19.8 Å². The van der Waals surface area contributed by atoms with Gasteiger partial charge in [0.2, 0.25) is 0 Å². The van der Waals surface area contributed by atoms with Crippen molar-refractivity contribution < 1.29 is 5.11 Å². The topological polar surface area (TPSA) is 70.3 Å². The van der Waals surface area contributed by atoms with Crippen LogP contribution in [0.25, 0.3) is 28.2 Å². The number of phenols is 1. The van der Waals surface area contributed by atoms with Gasteiger partial charge in [-0.25, -0.2) is 15.0 Å². The molecule has 3 heterocycles. The van der Waals surface area contributed by atoms with Crippen molar-refractivity contribution in [2.45, 2.75) is 0 Å². The number of anilines is 2. The molecule has 0 bridgehead atoms. The monoisotopic (exact) mass is 516 g/mol. The smallest absolute Gasteiger partial charge is 0.170 e. The van der Waals surface area contributed by atoms with Gasteiger partial charge in [0.1, 0.15) is 17.9 Å². The minimum Gasteiger partial charge on any atom is -0.508 e. The Hall–Kier alpha value is -3.81. The van der Waals surface area contributed by atoms with Gasteiger partial charge in [-0.2, -0.15) is 0 Å². The molecule has 36 heavy (non-hydrogen) atoms. The number of hydrogen-bond acceptors (Lipinski definition) is 6. The van der Waals surface area contributed by atoms with Crippen LogP contribution in [0.15, 0.2) is 79.1 Å². The summed E-state index contributed by atoms with van der Waals surface area (Å²) in [5, 5.41) is 10.9. The maximum atomic E-state index is 9.60. The van der Waals surface area contributed by atoms with Crippen molar-refractivity contribution in [3.05, 3.63) is 89.2 Å². The number of hydrogen-bond donors (Lipinski definition) is 1. The average Bonchev–Trinajstić information content (AvgIpc) is 3.29. The Balaban J connectivity index is 1.42. The molecule has 0 unspecified atom stereocenters. The predicted octanol–water partition coefficient (Wildman–Crippen LogP) is 5.82. The molecule has 0 aliphatic carbocycles. The second kappa shape index (κ2) is 9.33. The molecule has 1 N–H and O–H groups in total. The first kappa shape index (κ1) is 22.6. The van der Waals surface area contributed by atoms with Crippen molar-refractivity contribution in [3.8, 4) is 22.8 Å². The molecule has 1 aliphatic heterocycles. The Labute approximate surface area is 218 Å². The average molecular weight is 517 g/mol. The van der Waals surface area contributed by atoms with E-state index >= 15 is 0 Å². The molecule has 5 aromatic rings. The molecule has 7 nitrogen and oxygen atoms in total. The Kier molecular flexibility index (Phi) is 5.87. The summed E-state index contributed by atoms with van der Waals surface area (Å²) < 4.78 is 2.00. The van der Waals surface area contributed by atoms with Gasteiger partial charge in [0.15, 0.2) is 17.0 Å². The number of piperazine rings is 1. The van der Waals surface area contributed by atoms with Crippen molar-refractivity contribution in [1.29, 1.82) is 0 Å². The summed E-state index contributed by atoms with van der Waals surface area (Å²) in [5.41, 5.74) is 4.22. The van der Waals surface area contributed by atoms with Crippen molar-refractivity contribution >= 4 is 45.9 Å². The number of aromatic nitrogens is 4. The van der Waals surface area contributed by atoms with Gasteiger partial charge in [0.25, 0.3) is 0 Å². The first-order valence-corrected chi connectivity index (χ1v) is 12.4. The summed E-state index contributed by atoms with van der Waals surface area (Å²) in [6, 6.07) is 22.6. The lowest BCUT2D eigenvalue weighted by Gasteiger charge is -2.36. The zero-order valence-electron chi connectivity index (χ0n) is 19.2. The molecule has 9 heteroatoms. The Morgan fingerprint density at radius 2 is 1.39 bits per heavy atom. The molecule has 1 aliphatic rings. The van der Waals surface area contributed by atoms with Gasteiger partial charge in [-0.05, 0) is 60.7 Å². The molecule has 3 aromatic carbocycles. The van der Waals surface area contributed by atoms with Crippen molar-refractivity contribution in [1.82, 2.24) is 19.5 Å². The fourth-order valence-corrected chi connectivity index (χ4v) is 4.96. The van der Waals surface area contributed by atoms with Gasteiger partial charge in [0, 0.05) is 48.1 Å². The molecule has 0 spiro atoms. The van der Waals surface area contributed by atoms with Crippen LogP contribution in [0.4, 0.5) is 11.5 Å². The Morgan fingerprint density at radius 1 is 0.722 bits per heavy atom. The number of halogens is 2. The number of aromatic hydroxyl groups is 1. The van der Waals surface area contributed by atoms with E-state index < -0.39 is 0 Å². The van der Waals surface area contributed by atoms with Gasteiger partial charge < -0.3 is 14.9 Å². The van der Waals surface area contributed by atoms with E-state index in [9.17, 15) is 5.11 Å². The molecule has 0 atom stereocenters. The first-order chi connectivity index (χ1) is 17.6. The minimum absolute atomic E-state index is 0.270. The standard InChI is InChI=1S/C27H22Cl2N6O/c28-18-5-7-20(8-6-18)35-25(22-3-1-2-4-23(22)29)32-24-26(30-17-31-27(24)35)34-15-13-33(14-16-34)19-9-11-21(36)12-10-19/h1-12,17,36H,13-16H2. The number of phenolic OH excluding ortho intramolecular Hbond substituents is 1. The molecular weight excluding hydrogens is 495 g/mol. The zero-order valence-corrected chi connectivity index (χ0v) is 20.7. The highest BCUT2D eigenvalue weighted by atomic mass is 35.5. The van der Waals surface area contributed by atoms with E-state index in [-0.39, 0.29) is 5.75 Å². The molecule has 0 radical (unpaired) electrons. The molecule has 6 rings (SSSR count). The van der Waals surface area contributed by atoms with E-state index in [1.165, 1.54) is 0 Å². The summed E-state index contributed by atoms with van der Waals surface area (Å²) >= 11 is 12.8. The van der Waals surface area contributed by atoms with Gasteiger partial charge in [-0.3, -0.25) is 4.57 Å². The van der Waals surface area contributed by atoms with Crippen LogP contribution < -0.4 is 9.80 Å². The number of nitrogens with zero attached hydrogens (tertiary/aromatic N) is 6. The van der Waals surface area contributed by atoms with Gasteiger partial charge in [-0.1, -0.05) is 35.3 Å². The fourth-order valence-electron chi connectivity index (χ4n) is 4.61. The number of imidazole rings is 1. The van der Waals surface area contributed by atoms with E-state index in [4.69, 9.17) is 28.2 Å². The summed E-state index contributed by atoms with van der Waals surface area (Å²) in [4.78, 5) is 18.9. The quantitative estimate of drug-likeness (QED) is 0.324. The molecule has 1 fully saturated rings. The van der Waals surface area contributed by atoms with E-state index in [0.717, 1.165) is 54.5 Å². The van der Waals surface area contributed by atoms with Gasteiger partial charge >= 0.3 is 0 Å². The maximum Gasteiger partial charge on any atom is 0.170 e. The summed E-state index contributed by atoms with van der Waals surface area (Å²) in [7, 11) is 0. The van der Waals surface area contributed by atoms with Crippen molar-refractivity contribution in [2.24, 2.45) is 0 Å². The molecule has 0 saturated carbocycles. The maximum absolute atomic E-state index is 9.60. The van der Waals surface area contributed by atoms with Crippen LogP contribution in [0.2, 0.25) is 10.0 Å². The van der Waals surface area contributed by atoms with E-state index in [1.54, 1.807) is 18.5 Å². The third-order valence-corrected chi connectivity index (χ3v) is 7.00. The van der Waals surface area contributed by atoms with Gasteiger partial charge in [-0.15, -0.1) is 0 Å². The molecule has 0 amide bonds. The SMILES string of the molecule is Oc1ccc(N2CCN(c3ncnc4c3nc(-c3ccccc3Cl)n4-c3ccc(Cl)cc3)CC2)cc1. The lowest BCUT2D eigenvalue weighted by Crippen LogP contribution is -2.46. The summed E-state index contributed by atoms with van der Waals surface area (Å²) in [6.45, 7) is 3.21. The van der Waals surface area contributed by atoms with Crippen LogP contribution in [0.5, 0.6) is 5.75 Å². The Bertz CT molecular complexity index is 1530. The highest BCUT2D eigenvalue weighted by molar-refractivity contribution is 6.33. The van der Waals surface area contributed by atoms with Crippen molar-refractivity contribution in [2.75, 3.05) is 36.0 Å². The highest BCUT2D eigenvalue weighted by Crippen LogP contribution is 2.35. The van der Waals surface area contributed by atoms with E-state index in [1.807, 2.05) is 65.2 Å². The Morgan fingerprint density at radius 3 is 2.11 bits per heavy atom. The number of rotatable bonds is 4. The van der Waals surface area contributed by atoms with Crippen LogP contribution in [-0.4, -0.2) is 50.8 Å². The van der Waals surface area contributed by atoms with E-state index in [0.29, 0.717) is 21.5 Å². The van der Waals surface area contributed by atoms with Crippen LogP contribution in [0, 0.1) is 0 Å².